The standard InChI is InChI=1S/C6H6.C4H10.C2H6.CH4/c1-2-4-6-5-3-1;1-3-4-2;1-2;/h1-6H;3-4H2,1-2H3;1-2H3;1H4. The number of hydrogen-bond acceptors (Lipinski definition) is 0. The van der Waals surface area contributed by atoms with Crippen LogP contribution in [0.3, 0.4) is 0 Å². The topological polar surface area (TPSA) is 0 Å². The third-order valence-corrected chi connectivity index (χ3v) is 1.17. The van der Waals surface area contributed by atoms with Crippen LogP contribution in [0.1, 0.15) is 48.0 Å². The minimum atomic E-state index is 0. The summed E-state index contributed by atoms with van der Waals surface area (Å²) in [7, 11) is 0. The van der Waals surface area contributed by atoms with Gasteiger partial charge in [-0.15, -0.1) is 0 Å². The third kappa shape index (κ3) is 24.7. The van der Waals surface area contributed by atoms with Crippen molar-refractivity contribution < 1.29 is 0 Å². The molecule has 0 aliphatic heterocycles. The highest BCUT2D eigenvalue weighted by atomic mass is 13.6. The van der Waals surface area contributed by atoms with Gasteiger partial charge >= 0.3 is 0 Å². The van der Waals surface area contributed by atoms with Gasteiger partial charge in [-0.05, 0) is 0 Å². The van der Waals surface area contributed by atoms with Crippen molar-refractivity contribution in [3.8, 4) is 0 Å². The fourth-order valence-corrected chi connectivity index (χ4v) is 0.385. The molecule has 0 radical (unpaired) electrons. The lowest BCUT2D eigenvalue weighted by Crippen LogP contribution is -1.47. The molecule has 13 heavy (non-hydrogen) atoms. The average Bonchev–Trinajstić information content (AvgIpc) is 2.24. The molecule has 0 N–H and O–H groups in total. The molecule has 0 unspecified atom stereocenters. The smallest absolute Gasteiger partial charge is 0.0564 e. The maximum Gasteiger partial charge on any atom is -0.0564 e. The first-order chi connectivity index (χ1) is 5.91. The number of rotatable bonds is 1. The van der Waals surface area contributed by atoms with Gasteiger partial charge in [-0.3, -0.25) is 0 Å². The summed E-state index contributed by atoms with van der Waals surface area (Å²) in [5.74, 6) is 0. The lowest BCUT2D eigenvalue weighted by molar-refractivity contribution is 0.886. The fourth-order valence-electron chi connectivity index (χ4n) is 0.385. The van der Waals surface area contributed by atoms with Crippen LogP contribution < -0.4 is 0 Å². The van der Waals surface area contributed by atoms with Crippen LogP contribution in [-0.2, 0) is 0 Å². The second-order valence-electron chi connectivity index (χ2n) is 2.15. The number of unbranched alkanes of at least 4 members (excludes halogenated alkanes) is 1. The first kappa shape index (κ1) is 18.1. The third-order valence-electron chi connectivity index (χ3n) is 1.17. The van der Waals surface area contributed by atoms with E-state index in [1.54, 1.807) is 0 Å². The molecule has 78 valence electrons. The highest BCUT2D eigenvalue weighted by Crippen LogP contribution is 1.79. The first-order valence-electron chi connectivity index (χ1n) is 4.91. The van der Waals surface area contributed by atoms with E-state index in [2.05, 4.69) is 13.8 Å². The Hall–Kier alpha value is -0.780. The largest absolute Gasteiger partial charge is 0.0776 e. The maximum atomic E-state index is 2.18. The molecule has 0 fully saturated rings. The molecule has 0 aromatic heterocycles. The van der Waals surface area contributed by atoms with Crippen molar-refractivity contribution in [3.05, 3.63) is 36.4 Å². The van der Waals surface area contributed by atoms with Gasteiger partial charge in [0.1, 0.15) is 0 Å². The van der Waals surface area contributed by atoms with Gasteiger partial charge in [-0.1, -0.05) is 84.4 Å². The predicted octanol–water partition coefficient (Wildman–Crippen LogP) is 5.16. The van der Waals surface area contributed by atoms with Gasteiger partial charge in [0.05, 0.1) is 0 Å². The van der Waals surface area contributed by atoms with Crippen LogP contribution >= 0.6 is 0 Å². The Balaban J connectivity index is -0.000000128. The Morgan fingerprint density at radius 1 is 0.615 bits per heavy atom. The van der Waals surface area contributed by atoms with Gasteiger partial charge in [0, 0.05) is 0 Å². The van der Waals surface area contributed by atoms with Gasteiger partial charge in [-0.2, -0.15) is 0 Å². The Morgan fingerprint density at radius 2 is 0.769 bits per heavy atom. The minimum Gasteiger partial charge on any atom is -0.0776 e. The highest BCUT2D eigenvalue weighted by Gasteiger charge is 1.58. The van der Waals surface area contributed by atoms with E-state index in [1.807, 2.05) is 50.2 Å². The number of hydrogen-bond donors (Lipinski definition) is 0. The van der Waals surface area contributed by atoms with E-state index in [-0.39, 0.29) is 7.43 Å². The van der Waals surface area contributed by atoms with E-state index >= 15 is 0 Å². The van der Waals surface area contributed by atoms with Gasteiger partial charge < -0.3 is 0 Å². The normalized spacial score (nSPS) is 6.46. The van der Waals surface area contributed by atoms with E-state index in [0.717, 1.165) is 0 Å². The molecule has 0 heteroatoms. The molecular weight excluding hydrogens is 156 g/mol. The van der Waals surface area contributed by atoms with Gasteiger partial charge in [-0.25, -0.2) is 0 Å². The van der Waals surface area contributed by atoms with Gasteiger partial charge in [0.2, 0.25) is 0 Å². The van der Waals surface area contributed by atoms with E-state index in [0.29, 0.717) is 0 Å². The molecular formula is C13H26. The van der Waals surface area contributed by atoms with Crippen LogP contribution in [0.5, 0.6) is 0 Å². The monoisotopic (exact) mass is 182 g/mol. The molecule has 0 spiro atoms. The summed E-state index contributed by atoms with van der Waals surface area (Å²) < 4.78 is 0. The van der Waals surface area contributed by atoms with Crippen molar-refractivity contribution in [1.29, 1.82) is 0 Å². The summed E-state index contributed by atoms with van der Waals surface area (Å²) in [6.07, 6.45) is 2.64. The summed E-state index contributed by atoms with van der Waals surface area (Å²) in [6.45, 7) is 8.36. The molecule has 0 saturated heterocycles. The molecule has 0 amide bonds. The first-order valence-corrected chi connectivity index (χ1v) is 4.91. The maximum absolute atomic E-state index is 2.18. The van der Waals surface area contributed by atoms with Crippen molar-refractivity contribution in [2.75, 3.05) is 0 Å². The van der Waals surface area contributed by atoms with Crippen LogP contribution in [0.4, 0.5) is 0 Å². The molecule has 0 atom stereocenters. The van der Waals surface area contributed by atoms with Crippen LogP contribution in [0.25, 0.3) is 0 Å². The molecule has 0 heterocycles. The van der Waals surface area contributed by atoms with Gasteiger partial charge in [0.25, 0.3) is 0 Å². The molecule has 1 rings (SSSR count). The van der Waals surface area contributed by atoms with Crippen LogP contribution in [0.2, 0.25) is 0 Å². The molecule has 0 aliphatic carbocycles. The summed E-state index contributed by atoms with van der Waals surface area (Å²) >= 11 is 0. The second kappa shape index (κ2) is 22.5. The van der Waals surface area contributed by atoms with Crippen LogP contribution in [0.15, 0.2) is 36.4 Å². The number of benzene rings is 1. The van der Waals surface area contributed by atoms with Crippen molar-refractivity contribution in [2.24, 2.45) is 0 Å². The van der Waals surface area contributed by atoms with Crippen molar-refractivity contribution in [1.82, 2.24) is 0 Å². The van der Waals surface area contributed by atoms with E-state index in [1.165, 1.54) is 12.8 Å². The quantitative estimate of drug-likeness (QED) is 0.563. The van der Waals surface area contributed by atoms with Crippen LogP contribution in [-0.4, -0.2) is 0 Å². The van der Waals surface area contributed by atoms with Crippen molar-refractivity contribution in [3.63, 3.8) is 0 Å². The van der Waals surface area contributed by atoms with Gasteiger partial charge in [0.15, 0.2) is 0 Å². The summed E-state index contributed by atoms with van der Waals surface area (Å²) in [4.78, 5) is 0. The molecule has 1 aromatic carbocycles. The zero-order chi connectivity index (χ0) is 9.66. The van der Waals surface area contributed by atoms with E-state index < -0.39 is 0 Å². The summed E-state index contributed by atoms with van der Waals surface area (Å²) in [5.41, 5.74) is 0. The molecule has 0 saturated carbocycles. The molecule has 0 nitrogen and oxygen atoms in total. The summed E-state index contributed by atoms with van der Waals surface area (Å²) in [5, 5.41) is 0. The average molecular weight is 182 g/mol. The lowest BCUT2D eigenvalue weighted by Gasteiger charge is -1.69. The van der Waals surface area contributed by atoms with E-state index in [9.17, 15) is 0 Å². The molecule has 1 aromatic rings. The minimum absolute atomic E-state index is 0. The Labute approximate surface area is 85.0 Å². The van der Waals surface area contributed by atoms with Crippen molar-refractivity contribution >= 4 is 0 Å². The summed E-state index contributed by atoms with van der Waals surface area (Å²) in [6, 6.07) is 12.0. The highest BCUT2D eigenvalue weighted by molar-refractivity contribution is 4.99. The molecule has 0 aliphatic rings. The molecule has 0 bridgehead atoms. The Morgan fingerprint density at radius 3 is 0.846 bits per heavy atom. The predicted molar refractivity (Wildman–Crippen MR) is 65.1 cm³/mol. The van der Waals surface area contributed by atoms with Crippen molar-refractivity contribution in [2.45, 2.75) is 48.0 Å². The fraction of sp³-hybridized carbons (Fsp3) is 0.538. The lowest BCUT2D eigenvalue weighted by atomic mass is 10.4. The Kier molecular flexibility index (Phi) is 31.3. The van der Waals surface area contributed by atoms with Crippen LogP contribution in [0, 0.1) is 0 Å². The van der Waals surface area contributed by atoms with E-state index in [4.69, 9.17) is 0 Å². The Bertz CT molecular complexity index is 92.0. The second-order valence-corrected chi connectivity index (χ2v) is 2.15. The SMILES string of the molecule is C.CC.CCCC.c1ccccc1. The zero-order valence-corrected chi connectivity index (χ0v) is 8.88. The zero-order valence-electron chi connectivity index (χ0n) is 8.88.